The number of hydrogen-bond donors (Lipinski definition) is 0. The van der Waals surface area contributed by atoms with E-state index in [1.54, 1.807) is 12.1 Å². The minimum Gasteiger partial charge on any atom is -0.344 e. The lowest BCUT2D eigenvalue weighted by Crippen LogP contribution is -2.12. The van der Waals surface area contributed by atoms with Gasteiger partial charge in [0.25, 0.3) is 5.69 Å². The van der Waals surface area contributed by atoms with Crippen molar-refractivity contribution in [2.45, 2.75) is 13.8 Å². The van der Waals surface area contributed by atoms with Crippen LogP contribution in [0.1, 0.15) is 11.1 Å². The first-order chi connectivity index (χ1) is 15.4. The van der Waals surface area contributed by atoms with Crippen molar-refractivity contribution in [1.82, 2.24) is 0 Å². The molecule has 0 atom stereocenters. The Labute approximate surface area is 188 Å². The lowest BCUT2D eigenvalue weighted by atomic mass is 10.1. The number of nitro groups is 1. The molecular formula is C27H25N3O2. The van der Waals surface area contributed by atoms with Gasteiger partial charge in [0, 0.05) is 47.6 Å². The number of anilines is 5. The van der Waals surface area contributed by atoms with E-state index in [4.69, 9.17) is 0 Å². The zero-order valence-corrected chi connectivity index (χ0v) is 18.4. The number of nitro benzene ring substituents is 1. The van der Waals surface area contributed by atoms with E-state index >= 15 is 0 Å². The molecule has 0 aliphatic rings. The van der Waals surface area contributed by atoms with E-state index in [9.17, 15) is 10.1 Å². The van der Waals surface area contributed by atoms with Crippen LogP contribution < -0.4 is 9.80 Å². The average molecular weight is 424 g/mol. The minimum absolute atomic E-state index is 0.0795. The highest BCUT2D eigenvalue weighted by Crippen LogP contribution is 2.36. The molecule has 0 bridgehead atoms. The maximum Gasteiger partial charge on any atom is 0.271 e. The topological polar surface area (TPSA) is 49.6 Å². The van der Waals surface area contributed by atoms with E-state index in [2.05, 4.69) is 79.4 Å². The van der Waals surface area contributed by atoms with Crippen LogP contribution in [-0.2, 0) is 0 Å². The fraction of sp³-hybridized carbons (Fsp3) is 0.111. The first-order valence-electron chi connectivity index (χ1n) is 10.4. The highest BCUT2D eigenvalue weighted by atomic mass is 16.6. The van der Waals surface area contributed by atoms with E-state index in [-0.39, 0.29) is 10.6 Å². The molecule has 0 unspecified atom stereocenters. The number of benzene rings is 4. The van der Waals surface area contributed by atoms with Gasteiger partial charge in [0.15, 0.2) is 0 Å². The van der Waals surface area contributed by atoms with Gasteiger partial charge in [-0.05, 0) is 68.4 Å². The molecule has 0 N–H and O–H groups in total. The molecule has 0 radical (unpaired) electrons. The number of nitrogens with zero attached hydrogens (tertiary/aromatic N) is 3. The van der Waals surface area contributed by atoms with Gasteiger partial charge >= 0.3 is 0 Å². The maximum atomic E-state index is 11.1. The van der Waals surface area contributed by atoms with E-state index < -0.39 is 0 Å². The fourth-order valence-corrected chi connectivity index (χ4v) is 3.62. The predicted octanol–water partition coefficient (Wildman–Crippen LogP) is 7.45. The zero-order valence-electron chi connectivity index (χ0n) is 18.4. The van der Waals surface area contributed by atoms with Crippen LogP contribution in [0, 0.1) is 24.0 Å². The van der Waals surface area contributed by atoms with Crippen LogP contribution in [-0.4, -0.2) is 12.0 Å². The third kappa shape index (κ3) is 4.47. The predicted molar refractivity (Wildman–Crippen MR) is 132 cm³/mol. The monoisotopic (exact) mass is 423 g/mol. The van der Waals surface area contributed by atoms with Gasteiger partial charge < -0.3 is 9.80 Å². The zero-order chi connectivity index (χ0) is 22.7. The van der Waals surface area contributed by atoms with Gasteiger partial charge in [0.05, 0.1) is 4.92 Å². The largest absolute Gasteiger partial charge is 0.344 e. The Morgan fingerprint density at radius 2 is 1.06 bits per heavy atom. The number of rotatable bonds is 6. The van der Waals surface area contributed by atoms with Crippen molar-refractivity contribution in [3.05, 3.63) is 118 Å². The molecule has 0 fully saturated rings. The van der Waals surface area contributed by atoms with Gasteiger partial charge in [-0.2, -0.15) is 0 Å². The Morgan fingerprint density at radius 1 is 0.625 bits per heavy atom. The highest BCUT2D eigenvalue weighted by molar-refractivity contribution is 5.78. The maximum absolute atomic E-state index is 11.1. The van der Waals surface area contributed by atoms with Crippen LogP contribution in [0.25, 0.3) is 0 Å². The summed E-state index contributed by atoms with van der Waals surface area (Å²) < 4.78 is 0. The van der Waals surface area contributed by atoms with Gasteiger partial charge in [-0.1, -0.05) is 41.5 Å². The lowest BCUT2D eigenvalue weighted by molar-refractivity contribution is -0.384. The van der Waals surface area contributed by atoms with Crippen molar-refractivity contribution < 1.29 is 4.92 Å². The average Bonchev–Trinajstić information content (AvgIpc) is 2.82. The normalized spacial score (nSPS) is 10.6. The first-order valence-corrected chi connectivity index (χ1v) is 10.4. The molecule has 0 amide bonds. The van der Waals surface area contributed by atoms with Crippen molar-refractivity contribution in [2.24, 2.45) is 0 Å². The molecular weight excluding hydrogens is 398 g/mol. The Hall–Kier alpha value is -4.12. The summed E-state index contributed by atoms with van der Waals surface area (Å²) in [4.78, 5) is 14.9. The second kappa shape index (κ2) is 8.94. The third-order valence-corrected chi connectivity index (χ3v) is 5.51. The van der Waals surface area contributed by atoms with Crippen molar-refractivity contribution in [1.29, 1.82) is 0 Å². The standard InChI is InChI=1S/C27H25N3O2/c1-20-7-11-23(12-8-20)29(24-13-9-21(2)10-14-24)25-17-15-22(16-18-25)28(3)26-5-4-6-27(19-26)30(31)32/h4-19H,1-3H3. The van der Waals surface area contributed by atoms with E-state index in [0.29, 0.717) is 0 Å². The summed E-state index contributed by atoms with van der Waals surface area (Å²) >= 11 is 0. The van der Waals surface area contributed by atoms with Crippen LogP contribution in [0.4, 0.5) is 34.1 Å². The van der Waals surface area contributed by atoms with Crippen molar-refractivity contribution in [3.63, 3.8) is 0 Å². The van der Waals surface area contributed by atoms with Crippen LogP contribution in [0.2, 0.25) is 0 Å². The Kier molecular flexibility index (Phi) is 5.90. The summed E-state index contributed by atoms with van der Waals surface area (Å²) in [5.41, 5.74) is 7.42. The molecule has 0 spiro atoms. The molecule has 32 heavy (non-hydrogen) atoms. The molecule has 4 rings (SSSR count). The number of hydrogen-bond acceptors (Lipinski definition) is 4. The van der Waals surface area contributed by atoms with Gasteiger partial charge in [-0.15, -0.1) is 0 Å². The summed E-state index contributed by atoms with van der Waals surface area (Å²) in [6, 6.07) is 31.8. The van der Waals surface area contributed by atoms with Crippen LogP contribution >= 0.6 is 0 Å². The molecule has 0 aliphatic carbocycles. The molecule has 5 heteroatoms. The SMILES string of the molecule is Cc1ccc(N(c2ccc(C)cc2)c2ccc(N(C)c3cccc([N+](=O)[O-])c3)cc2)cc1. The number of non-ortho nitro benzene ring substituents is 1. The van der Waals surface area contributed by atoms with Crippen LogP contribution in [0.3, 0.4) is 0 Å². The fourth-order valence-electron chi connectivity index (χ4n) is 3.62. The van der Waals surface area contributed by atoms with Crippen molar-refractivity contribution in [2.75, 3.05) is 16.8 Å². The van der Waals surface area contributed by atoms with Crippen LogP contribution in [0.5, 0.6) is 0 Å². The van der Waals surface area contributed by atoms with Crippen molar-refractivity contribution >= 4 is 34.1 Å². The molecule has 0 aromatic heterocycles. The third-order valence-electron chi connectivity index (χ3n) is 5.51. The molecule has 0 saturated carbocycles. The van der Waals surface area contributed by atoms with Gasteiger partial charge in [0.2, 0.25) is 0 Å². The second-order valence-corrected chi connectivity index (χ2v) is 7.86. The van der Waals surface area contributed by atoms with Gasteiger partial charge in [-0.25, -0.2) is 0 Å². The molecule has 4 aromatic carbocycles. The Morgan fingerprint density at radius 3 is 1.53 bits per heavy atom. The van der Waals surface area contributed by atoms with E-state index in [1.807, 2.05) is 30.1 Å². The molecule has 0 heterocycles. The first kappa shape index (κ1) is 21.1. The molecule has 160 valence electrons. The van der Waals surface area contributed by atoms with Crippen molar-refractivity contribution in [3.8, 4) is 0 Å². The lowest BCUT2D eigenvalue weighted by Gasteiger charge is -2.27. The molecule has 4 aromatic rings. The minimum atomic E-state index is -0.374. The van der Waals surface area contributed by atoms with E-state index in [0.717, 1.165) is 28.4 Å². The summed E-state index contributed by atoms with van der Waals surface area (Å²) in [5, 5.41) is 11.1. The molecule has 5 nitrogen and oxygen atoms in total. The van der Waals surface area contributed by atoms with Gasteiger partial charge in [-0.3, -0.25) is 10.1 Å². The molecule has 0 aliphatic heterocycles. The summed E-state index contributed by atoms with van der Waals surface area (Å²) in [6.45, 7) is 4.16. The number of aryl methyl sites for hydroxylation is 2. The Bertz CT molecular complexity index is 1170. The summed E-state index contributed by atoms with van der Waals surface area (Å²) in [7, 11) is 1.91. The summed E-state index contributed by atoms with van der Waals surface area (Å²) in [5.74, 6) is 0. The van der Waals surface area contributed by atoms with E-state index in [1.165, 1.54) is 17.2 Å². The summed E-state index contributed by atoms with van der Waals surface area (Å²) in [6.07, 6.45) is 0. The quantitative estimate of drug-likeness (QED) is 0.239. The smallest absolute Gasteiger partial charge is 0.271 e. The Balaban J connectivity index is 1.69. The second-order valence-electron chi connectivity index (χ2n) is 7.86. The highest BCUT2D eigenvalue weighted by Gasteiger charge is 2.14. The van der Waals surface area contributed by atoms with Crippen LogP contribution in [0.15, 0.2) is 97.1 Å². The van der Waals surface area contributed by atoms with Gasteiger partial charge in [0.1, 0.15) is 0 Å². The molecule has 0 saturated heterocycles.